The number of hydrogen-bond acceptors (Lipinski definition) is 3. The molecule has 1 aromatic rings. The van der Waals surface area contributed by atoms with Crippen molar-refractivity contribution >= 4 is 0 Å². The summed E-state index contributed by atoms with van der Waals surface area (Å²) in [5.74, 6) is 0. The van der Waals surface area contributed by atoms with Crippen LogP contribution in [0.3, 0.4) is 0 Å². The molecule has 0 saturated heterocycles. The molecule has 1 heterocycles. The predicted molar refractivity (Wildman–Crippen MR) is 72.8 cm³/mol. The summed E-state index contributed by atoms with van der Waals surface area (Å²) in [6.07, 6.45) is 1.35. The summed E-state index contributed by atoms with van der Waals surface area (Å²) in [6.45, 7) is 5.58. The third kappa shape index (κ3) is 3.10. The van der Waals surface area contributed by atoms with Gasteiger partial charge in [-0.25, -0.2) is 0 Å². The lowest BCUT2D eigenvalue weighted by Gasteiger charge is -2.32. The Bertz CT molecular complexity index is 379. The summed E-state index contributed by atoms with van der Waals surface area (Å²) >= 11 is 0. The Morgan fingerprint density at radius 2 is 2.17 bits per heavy atom. The van der Waals surface area contributed by atoms with Crippen LogP contribution in [0.1, 0.15) is 31.1 Å². The lowest BCUT2D eigenvalue weighted by atomic mass is 9.93. The lowest BCUT2D eigenvalue weighted by molar-refractivity contribution is -0.0233. The highest BCUT2D eigenvalue weighted by Crippen LogP contribution is 2.29. The van der Waals surface area contributed by atoms with E-state index in [1.165, 1.54) is 11.1 Å². The molecule has 0 aliphatic carbocycles. The number of benzene rings is 1. The third-order valence-corrected chi connectivity index (χ3v) is 3.38. The second-order valence-corrected chi connectivity index (χ2v) is 5.02. The fourth-order valence-corrected chi connectivity index (χ4v) is 2.38. The summed E-state index contributed by atoms with van der Waals surface area (Å²) in [7, 11) is 1.97. The maximum Gasteiger partial charge on any atom is 0.100 e. The summed E-state index contributed by atoms with van der Waals surface area (Å²) in [6, 6.07) is 8.74. The van der Waals surface area contributed by atoms with Crippen LogP contribution in [0.15, 0.2) is 24.3 Å². The van der Waals surface area contributed by atoms with E-state index >= 15 is 0 Å². The Hall–Kier alpha value is -0.900. The normalized spacial score (nSPS) is 20.8. The van der Waals surface area contributed by atoms with Crippen molar-refractivity contribution in [3.63, 3.8) is 0 Å². The summed E-state index contributed by atoms with van der Waals surface area (Å²) in [5.41, 5.74) is 2.70. The summed E-state index contributed by atoms with van der Waals surface area (Å²) in [4.78, 5) is 0. The van der Waals surface area contributed by atoms with Gasteiger partial charge in [0.25, 0.3) is 0 Å². The summed E-state index contributed by atoms with van der Waals surface area (Å²) in [5, 5.41) is 3.32. The average molecular weight is 249 g/mol. The zero-order valence-corrected chi connectivity index (χ0v) is 11.5. The molecule has 0 bridgehead atoms. The second-order valence-electron chi connectivity index (χ2n) is 5.02. The molecular weight excluding hydrogens is 226 g/mol. The second kappa shape index (κ2) is 6.32. The Morgan fingerprint density at radius 1 is 1.39 bits per heavy atom. The molecule has 0 aromatic heterocycles. The van der Waals surface area contributed by atoms with E-state index in [0.29, 0.717) is 6.61 Å². The van der Waals surface area contributed by atoms with Crippen molar-refractivity contribution in [2.75, 3.05) is 20.3 Å². The van der Waals surface area contributed by atoms with Gasteiger partial charge in [0, 0.05) is 0 Å². The number of rotatable bonds is 5. The van der Waals surface area contributed by atoms with Crippen molar-refractivity contribution in [3.05, 3.63) is 35.4 Å². The van der Waals surface area contributed by atoms with E-state index in [2.05, 4.69) is 43.4 Å². The van der Waals surface area contributed by atoms with E-state index in [1.54, 1.807) is 0 Å². The van der Waals surface area contributed by atoms with Crippen molar-refractivity contribution in [1.82, 2.24) is 5.32 Å². The highest BCUT2D eigenvalue weighted by molar-refractivity contribution is 5.31. The molecule has 1 aromatic carbocycles. The monoisotopic (exact) mass is 249 g/mol. The lowest BCUT2D eigenvalue weighted by Crippen LogP contribution is -2.40. The van der Waals surface area contributed by atoms with Crippen molar-refractivity contribution in [2.24, 2.45) is 0 Å². The van der Waals surface area contributed by atoms with Crippen molar-refractivity contribution < 1.29 is 9.47 Å². The van der Waals surface area contributed by atoms with Gasteiger partial charge in [-0.1, -0.05) is 24.3 Å². The molecule has 2 atom stereocenters. The van der Waals surface area contributed by atoms with Gasteiger partial charge in [0.15, 0.2) is 0 Å². The number of fused-ring (bicyclic) bond motifs is 1. The Balaban J connectivity index is 2.12. The van der Waals surface area contributed by atoms with Crippen LogP contribution in [0.4, 0.5) is 0 Å². The molecule has 0 amide bonds. The smallest absolute Gasteiger partial charge is 0.100 e. The molecule has 1 N–H and O–H groups in total. The first-order valence-corrected chi connectivity index (χ1v) is 6.70. The quantitative estimate of drug-likeness (QED) is 0.868. The number of ether oxygens (including phenoxy) is 2. The van der Waals surface area contributed by atoms with Crippen molar-refractivity contribution in [1.29, 1.82) is 0 Å². The molecule has 2 rings (SSSR count). The van der Waals surface area contributed by atoms with Gasteiger partial charge in [0.05, 0.1) is 25.4 Å². The van der Waals surface area contributed by atoms with Gasteiger partial charge in [0.2, 0.25) is 0 Å². The average Bonchev–Trinajstić information content (AvgIpc) is 2.39. The number of likely N-dealkylation sites (N-methyl/N-ethyl adjacent to an activating group) is 1. The minimum Gasteiger partial charge on any atom is -0.377 e. The third-order valence-electron chi connectivity index (χ3n) is 3.38. The van der Waals surface area contributed by atoms with E-state index < -0.39 is 0 Å². The molecule has 2 unspecified atom stereocenters. The van der Waals surface area contributed by atoms with Gasteiger partial charge in [-0.05, 0) is 38.4 Å². The Morgan fingerprint density at radius 3 is 2.89 bits per heavy atom. The first-order chi connectivity index (χ1) is 8.72. The van der Waals surface area contributed by atoms with Crippen molar-refractivity contribution in [2.45, 2.75) is 38.5 Å². The van der Waals surface area contributed by atoms with Crippen LogP contribution in [0.5, 0.6) is 0 Å². The fraction of sp³-hybridized carbons (Fsp3) is 0.600. The molecule has 3 nitrogen and oxygen atoms in total. The molecule has 18 heavy (non-hydrogen) atoms. The zero-order chi connectivity index (χ0) is 13.0. The van der Waals surface area contributed by atoms with E-state index in [0.717, 1.165) is 13.0 Å². The minimum atomic E-state index is 0.0960. The van der Waals surface area contributed by atoms with Crippen LogP contribution in [-0.2, 0) is 15.9 Å². The Kier molecular flexibility index (Phi) is 4.75. The minimum absolute atomic E-state index is 0.0960. The maximum atomic E-state index is 5.95. The topological polar surface area (TPSA) is 30.5 Å². The highest BCUT2D eigenvalue weighted by Gasteiger charge is 2.28. The first kappa shape index (κ1) is 13.5. The highest BCUT2D eigenvalue weighted by atomic mass is 16.5. The molecule has 1 aliphatic rings. The van der Waals surface area contributed by atoms with Gasteiger partial charge < -0.3 is 14.8 Å². The number of nitrogens with one attached hydrogen (secondary N) is 1. The van der Waals surface area contributed by atoms with Gasteiger partial charge >= 0.3 is 0 Å². The molecular formula is C15H23NO2. The van der Waals surface area contributed by atoms with Crippen LogP contribution in [0.25, 0.3) is 0 Å². The van der Waals surface area contributed by atoms with E-state index in [9.17, 15) is 0 Å². The molecule has 0 fully saturated rings. The van der Waals surface area contributed by atoms with E-state index in [4.69, 9.17) is 9.47 Å². The van der Waals surface area contributed by atoms with Gasteiger partial charge in [-0.3, -0.25) is 0 Å². The SMILES string of the molecule is CNC(COC(C)C)C1OCCc2ccccc21. The first-order valence-electron chi connectivity index (χ1n) is 6.70. The van der Waals surface area contributed by atoms with E-state index in [-0.39, 0.29) is 18.2 Å². The van der Waals surface area contributed by atoms with Crippen LogP contribution >= 0.6 is 0 Å². The van der Waals surface area contributed by atoms with Crippen LogP contribution in [0, 0.1) is 0 Å². The molecule has 100 valence electrons. The van der Waals surface area contributed by atoms with Crippen LogP contribution in [0.2, 0.25) is 0 Å². The fourth-order valence-electron chi connectivity index (χ4n) is 2.38. The molecule has 0 saturated carbocycles. The Labute approximate surface area is 109 Å². The van der Waals surface area contributed by atoms with Gasteiger partial charge in [-0.2, -0.15) is 0 Å². The standard InChI is InChI=1S/C15H23NO2/c1-11(2)18-10-14(16-3)15-13-7-5-4-6-12(13)8-9-17-15/h4-7,11,14-16H,8-10H2,1-3H3. The predicted octanol–water partition coefficient (Wildman–Crippen LogP) is 2.31. The van der Waals surface area contributed by atoms with Gasteiger partial charge in [0.1, 0.15) is 6.10 Å². The van der Waals surface area contributed by atoms with E-state index in [1.807, 2.05) is 7.05 Å². The maximum absolute atomic E-state index is 5.95. The molecule has 0 spiro atoms. The molecule has 1 aliphatic heterocycles. The largest absolute Gasteiger partial charge is 0.377 e. The zero-order valence-electron chi connectivity index (χ0n) is 11.5. The van der Waals surface area contributed by atoms with Crippen LogP contribution in [-0.4, -0.2) is 32.4 Å². The molecule has 3 heteroatoms. The summed E-state index contributed by atoms with van der Waals surface area (Å²) < 4.78 is 11.7. The van der Waals surface area contributed by atoms with Gasteiger partial charge in [-0.15, -0.1) is 0 Å². The van der Waals surface area contributed by atoms with Crippen molar-refractivity contribution in [3.8, 4) is 0 Å². The molecule has 0 radical (unpaired) electrons. The van der Waals surface area contributed by atoms with Crippen LogP contribution < -0.4 is 5.32 Å². The number of hydrogen-bond donors (Lipinski definition) is 1.